The van der Waals surface area contributed by atoms with Gasteiger partial charge in [-0.05, 0) is 31.4 Å². The van der Waals surface area contributed by atoms with Crippen LogP contribution in [0.4, 0.5) is 8.78 Å². The van der Waals surface area contributed by atoms with Crippen LogP contribution in [0.15, 0.2) is 48.5 Å². The van der Waals surface area contributed by atoms with Gasteiger partial charge in [0.05, 0.1) is 0 Å². The summed E-state index contributed by atoms with van der Waals surface area (Å²) in [6, 6.07) is 11.6. The highest BCUT2D eigenvalue weighted by atomic mass is 19.1. The maximum Gasteiger partial charge on any atom is 0.345 e. The van der Waals surface area contributed by atoms with Crippen molar-refractivity contribution in [2.24, 2.45) is 0 Å². The average molecular weight is 359 g/mol. The van der Waals surface area contributed by atoms with Gasteiger partial charge in [-0.2, -0.15) is 0 Å². The molecule has 0 aromatic heterocycles. The number of nitrogens with zero attached hydrogens (tertiary/aromatic N) is 1. The highest BCUT2D eigenvalue weighted by Gasteiger charge is 2.32. The van der Waals surface area contributed by atoms with Crippen LogP contribution >= 0.6 is 0 Å². The van der Waals surface area contributed by atoms with E-state index in [0.29, 0.717) is 18.7 Å². The SMILES string of the molecule is O=C(OC(C(=O)N1CCCCC1)c1ccccc1)c1c(F)cccc1F. The maximum atomic E-state index is 13.9. The molecular formula is C20H19F2NO3. The smallest absolute Gasteiger partial charge is 0.345 e. The van der Waals surface area contributed by atoms with Gasteiger partial charge in [-0.25, -0.2) is 13.6 Å². The molecule has 2 aromatic rings. The Hall–Kier alpha value is -2.76. The fraction of sp³-hybridized carbons (Fsp3) is 0.300. The first kappa shape index (κ1) is 18.0. The van der Waals surface area contributed by atoms with Gasteiger partial charge in [-0.3, -0.25) is 4.79 Å². The van der Waals surface area contributed by atoms with Gasteiger partial charge < -0.3 is 9.64 Å². The van der Waals surface area contributed by atoms with Gasteiger partial charge in [0.25, 0.3) is 5.91 Å². The molecule has 6 heteroatoms. The minimum absolute atomic E-state index is 0.374. The minimum Gasteiger partial charge on any atom is -0.444 e. The highest BCUT2D eigenvalue weighted by molar-refractivity contribution is 5.93. The molecule has 1 saturated heterocycles. The fourth-order valence-electron chi connectivity index (χ4n) is 3.03. The van der Waals surface area contributed by atoms with Crippen LogP contribution in [0.1, 0.15) is 41.3 Å². The van der Waals surface area contributed by atoms with Crippen LogP contribution in [0, 0.1) is 11.6 Å². The normalized spacial score (nSPS) is 15.4. The maximum absolute atomic E-state index is 13.9. The molecule has 1 amide bonds. The molecule has 2 aromatic carbocycles. The quantitative estimate of drug-likeness (QED) is 0.779. The fourth-order valence-corrected chi connectivity index (χ4v) is 3.03. The summed E-state index contributed by atoms with van der Waals surface area (Å²) in [5.41, 5.74) is -0.326. The van der Waals surface area contributed by atoms with Gasteiger partial charge in [0, 0.05) is 18.7 Å². The number of carbonyl (C=O) groups is 2. The summed E-state index contributed by atoms with van der Waals surface area (Å²) in [5.74, 6) is -3.61. The first-order chi connectivity index (χ1) is 12.6. The van der Waals surface area contributed by atoms with Gasteiger partial charge in [0.15, 0.2) is 0 Å². The lowest BCUT2D eigenvalue weighted by atomic mass is 10.1. The molecule has 26 heavy (non-hydrogen) atoms. The molecule has 1 atom stereocenters. The molecule has 0 spiro atoms. The molecule has 3 rings (SSSR count). The zero-order valence-corrected chi connectivity index (χ0v) is 14.2. The summed E-state index contributed by atoms with van der Waals surface area (Å²) in [6.45, 7) is 1.15. The molecule has 1 aliphatic heterocycles. The van der Waals surface area contributed by atoms with E-state index in [1.807, 2.05) is 0 Å². The van der Waals surface area contributed by atoms with Crippen molar-refractivity contribution in [1.82, 2.24) is 4.90 Å². The average Bonchev–Trinajstić information content (AvgIpc) is 2.67. The number of hydrogen-bond acceptors (Lipinski definition) is 3. The zero-order valence-electron chi connectivity index (χ0n) is 14.2. The molecule has 0 saturated carbocycles. The third-order valence-corrected chi connectivity index (χ3v) is 4.39. The Morgan fingerprint density at radius 3 is 2.12 bits per heavy atom. The summed E-state index contributed by atoms with van der Waals surface area (Å²) in [4.78, 5) is 26.9. The number of carbonyl (C=O) groups excluding carboxylic acids is 2. The number of likely N-dealkylation sites (tertiary alicyclic amines) is 1. The molecule has 4 nitrogen and oxygen atoms in total. The lowest BCUT2D eigenvalue weighted by molar-refractivity contribution is -0.142. The Morgan fingerprint density at radius 2 is 1.50 bits per heavy atom. The van der Waals surface area contributed by atoms with E-state index in [-0.39, 0.29) is 5.91 Å². The van der Waals surface area contributed by atoms with Crippen molar-refractivity contribution >= 4 is 11.9 Å². The number of piperidine rings is 1. The zero-order chi connectivity index (χ0) is 18.5. The van der Waals surface area contributed by atoms with Crippen molar-refractivity contribution in [2.75, 3.05) is 13.1 Å². The first-order valence-corrected chi connectivity index (χ1v) is 8.56. The second kappa shape index (κ2) is 8.08. The van der Waals surface area contributed by atoms with Crippen LogP contribution in [0.3, 0.4) is 0 Å². The highest BCUT2D eigenvalue weighted by Crippen LogP contribution is 2.25. The number of esters is 1. The molecule has 0 bridgehead atoms. The Kier molecular flexibility index (Phi) is 5.61. The van der Waals surface area contributed by atoms with Gasteiger partial charge in [0.2, 0.25) is 6.10 Å². The van der Waals surface area contributed by atoms with Crippen molar-refractivity contribution in [3.8, 4) is 0 Å². The largest absolute Gasteiger partial charge is 0.444 e. The van der Waals surface area contributed by atoms with E-state index in [0.717, 1.165) is 37.5 Å². The number of halogens is 2. The first-order valence-electron chi connectivity index (χ1n) is 8.56. The summed E-state index contributed by atoms with van der Waals surface area (Å²) in [5, 5.41) is 0. The van der Waals surface area contributed by atoms with Crippen LogP contribution < -0.4 is 0 Å². The second-order valence-corrected chi connectivity index (χ2v) is 6.18. The number of hydrogen-bond donors (Lipinski definition) is 0. The molecule has 0 radical (unpaired) electrons. The molecular weight excluding hydrogens is 340 g/mol. The van der Waals surface area contributed by atoms with Crippen molar-refractivity contribution < 1.29 is 23.1 Å². The van der Waals surface area contributed by atoms with Crippen LogP contribution in [0.5, 0.6) is 0 Å². The van der Waals surface area contributed by atoms with E-state index in [4.69, 9.17) is 4.74 Å². The van der Waals surface area contributed by atoms with E-state index < -0.39 is 29.3 Å². The Balaban J connectivity index is 1.88. The third-order valence-electron chi connectivity index (χ3n) is 4.39. The summed E-state index contributed by atoms with van der Waals surface area (Å²) in [6.07, 6.45) is 1.56. The second-order valence-electron chi connectivity index (χ2n) is 6.18. The lowest BCUT2D eigenvalue weighted by Crippen LogP contribution is -2.40. The predicted molar refractivity (Wildman–Crippen MR) is 91.4 cm³/mol. The summed E-state index contributed by atoms with van der Waals surface area (Å²) >= 11 is 0. The molecule has 1 aliphatic rings. The number of benzene rings is 2. The molecule has 1 unspecified atom stereocenters. The van der Waals surface area contributed by atoms with E-state index in [2.05, 4.69) is 0 Å². The molecule has 136 valence electrons. The van der Waals surface area contributed by atoms with Crippen LogP contribution in [0.25, 0.3) is 0 Å². The van der Waals surface area contributed by atoms with Crippen molar-refractivity contribution in [1.29, 1.82) is 0 Å². The predicted octanol–water partition coefficient (Wildman–Crippen LogP) is 3.88. The summed E-state index contributed by atoms with van der Waals surface area (Å²) < 4.78 is 33.0. The monoisotopic (exact) mass is 359 g/mol. The molecule has 0 aliphatic carbocycles. The Morgan fingerprint density at radius 1 is 0.885 bits per heavy atom. The van der Waals surface area contributed by atoms with Gasteiger partial charge in [-0.1, -0.05) is 36.4 Å². The topological polar surface area (TPSA) is 46.6 Å². The molecule has 1 heterocycles. The number of amides is 1. The van der Waals surface area contributed by atoms with Crippen molar-refractivity contribution in [2.45, 2.75) is 25.4 Å². The van der Waals surface area contributed by atoms with Crippen molar-refractivity contribution in [3.05, 3.63) is 71.3 Å². The molecule has 1 fully saturated rings. The Bertz CT molecular complexity index is 769. The van der Waals surface area contributed by atoms with E-state index >= 15 is 0 Å². The lowest BCUT2D eigenvalue weighted by Gasteiger charge is -2.30. The van der Waals surface area contributed by atoms with Crippen LogP contribution in [-0.4, -0.2) is 29.9 Å². The standard InChI is InChI=1S/C20H19F2NO3/c21-15-10-7-11-16(22)17(15)20(25)26-18(14-8-3-1-4-9-14)19(24)23-12-5-2-6-13-23/h1,3-4,7-11,18H,2,5-6,12-13H2. The van der Waals surface area contributed by atoms with Gasteiger partial charge >= 0.3 is 5.97 Å². The van der Waals surface area contributed by atoms with E-state index in [9.17, 15) is 18.4 Å². The number of ether oxygens (including phenoxy) is 1. The van der Waals surface area contributed by atoms with Crippen LogP contribution in [0.2, 0.25) is 0 Å². The number of rotatable bonds is 4. The van der Waals surface area contributed by atoms with Gasteiger partial charge in [0.1, 0.15) is 17.2 Å². The van der Waals surface area contributed by atoms with E-state index in [1.165, 1.54) is 0 Å². The third kappa shape index (κ3) is 3.90. The minimum atomic E-state index is -1.24. The van der Waals surface area contributed by atoms with Gasteiger partial charge in [-0.15, -0.1) is 0 Å². The van der Waals surface area contributed by atoms with Crippen LogP contribution in [-0.2, 0) is 9.53 Å². The Labute approximate surface area is 150 Å². The summed E-state index contributed by atoms with van der Waals surface area (Å²) in [7, 11) is 0. The van der Waals surface area contributed by atoms with E-state index in [1.54, 1.807) is 35.2 Å². The molecule has 0 N–H and O–H groups in total. The van der Waals surface area contributed by atoms with Crippen molar-refractivity contribution in [3.63, 3.8) is 0 Å².